The van der Waals surface area contributed by atoms with Gasteiger partial charge in [-0.15, -0.1) is 4.99 Å². The fraction of sp³-hybridized carbons (Fsp3) is 0.583. The Morgan fingerprint density at radius 1 is 1.09 bits per heavy atom. The predicted molar refractivity (Wildman–Crippen MR) is 128 cm³/mol. The number of hydrogen-bond donors (Lipinski definition) is 1. The second-order valence-electron chi connectivity index (χ2n) is 9.36. The van der Waals surface area contributed by atoms with Gasteiger partial charge in [-0.1, -0.05) is 12.6 Å². The molecule has 0 spiro atoms. The quantitative estimate of drug-likeness (QED) is 0.720. The number of anilines is 2. The van der Waals surface area contributed by atoms with Crippen LogP contribution in [0.5, 0.6) is 0 Å². The van der Waals surface area contributed by atoms with E-state index in [1.165, 1.54) is 6.42 Å². The molecule has 3 aliphatic heterocycles. The van der Waals surface area contributed by atoms with E-state index in [0.717, 1.165) is 63.6 Å². The van der Waals surface area contributed by atoms with Crippen molar-refractivity contribution in [2.45, 2.75) is 45.1 Å². The lowest BCUT2D eigenvalue weighted by atomic mass is 9.96. The van der Waals surface area contributed by atoms with Crippen molar-refractivity contribution in [2.75, 3.05) is 56.5 Å². The van der Waals surface area contributed by atoms with Crippen LogP contribution in [0.25, 0.3) is 4.85 Å². The van der Waals surface area contributed by atoms with Gasteiger partial charge < -0.3 is 20.0 Å². The molecule has 0 aromatic carbocycles. The van der Waals surface area contributed by atoms with Crippen LogP contribution in [-0.4, -0.2) is 72.7 Å². The topological polar surface area (TPSA) is 68.4 Å². The molecule has 4 heterocycles. The van der Waals surface area contributed by atoms with Crippen LogP contribution in [0.2, 0.25) is 0 Å². The molecule has 1 aromatic rings. The smallest absolute Gasteiger partial charge is 0.294 e. The molecule has 170 valence electrons. The highest BCUT2D eigenvalue weighted by molar-refractivity contribution is 6.44. The Kier molecular flexibility index (Phi) is 6.58. The minimum atomic E-state index is -0.258. The third-order valence-corrected chi connectivity index (χ3v) is 6.80. The molecular weight excluding hydrogens is 402 g/mol. The van der Waals surface area contributed by atoms with E-state index in [2.05, 4.69) is 50.7 Å². The van der Waals surface area contributed by atoms with E-state index in [1.54, 1.807) is 6.08 Å². The van der Waals surface area contributed by atoms with Crippen LogP contribution in [0.4, 0.5) is 11.5 Å². The SMILES string of the molecule is [C-]#[N+]C1=CCC(C(=O)Nc2ccc(C(C)(C)N3CCN(C)CC3)nc2N2CCCCC2)=N1. The first-order valence-electron chi connectivity index (χ1n) is 11.5. The van der Waals surface area contributed by atoms with Crippen LogP contribution in [0.15, 0.2) is 29.0 Å². The van der Waals surface area contributed by atoms with Crippen LogP contribution in [0, 0.1) is 6.57 Å². The van der Waals surface area contributed by atoms with Crippen molar-refractivity contribution in [1.29, 1.82) is 0 Å². The highest BCUT2D eigenvalue weighted by Gasteiger charge is 2.33. The summed E-state index contributed by atoms with van der Waals surface area (Å²) in [5.74, 6) is 0.870. The lowest BCUT2D eigenvalue weighted by Gasteiger charge is -2.43. The normalized spacial score (nSPS) is 20.5. The van der Waals surface area contributed by atoms with Crippen molar-refractivity contribution in [3.63, 3.8) is 0 Å². The number of aliphatic imine (C=N–C) groups is 1. The van der Waals surface area contributed by atoms with Gasteiger partial charge in [-0.25, -0.2) is 4.98 Å². The largest absolute Gasteiger partial charge is 0.361 e. The number of likely N-dealkylation sites (N-methyl/N-ethyl adjacent to an activating group) is 1. The zero-order valence-electron chi connectivity index (χ0n) is 19.4. The lowest BCUT2D eigenvalue weighted by molar-refractivity contribution is -0.110. The molecule has 1 N–H and O–H groups in total. The van der Waals surface area contributed by atoms with E-state index < -0.39 is 0 Å². The molecule has 2 fully saturated rings. The highest BCUT2D eigenvalue weighted by Crippen LogP contribution is 2.33. The maximum absolute atomic E-state index is 12.8. The van der Waals surface area contributed by atoms with Crippen LogP contribution in [-0.2, 0) is 10.3 Å². The first-order chi connectivity index (χ1) is 15.4. The second-order valence-corrected chi connectivity index (χ2v) is 9.36. The number of aromatic nitrogens is 1. The van der Waals surface area contributed by atoms with Gasteiger partial charge in [0.2, 0.25) is 0 Å². The van der Waals surface area contributed by atoms with Crippen molar-refractivity contribution < 1.29 is 4.79 Å². The molecule has 0 saturated carbocycles. The standard InChI is InChI=1S/C24H33N7O/c1-24(2,31-16-14-29(4)15-17-31)20-10-8-18(22(28-20)30-12-6-5-7-13-30)27-23(32)19-9-11-21(25-3)26-19/h8,10-11H,5-7,9,12-17H2,1-2,4H3,(H,27,32). The fourth-order valence-corrected chi connectivity index (χ4v) is 4.59. The molecule has 0 radical (unpaired) electrons. The van der Waals surface area contributed by atoms with Gasteiger partial charge in [0.25, 0.3) is 11.7 Å². The van der Waals surface area contributed by atoms with Crippen molar-refractivity contribution in [3.05, 3.63) is 41.1 Å². The Labute approximate surface area is 190 Å². The first kappa shape index (κ1) is 22.4. The molecule has 0 atom stereocenters. The second kappa shape index (κ2) is 9.39. The molecule has 0 aliphatic carbocycles. The summed E-state index contributed by atoms with van der Waals surface area (Å²) in [6.45, 7) is 17.6. The van der Waals surface area contributed by atoms with E-state index >= 15 is 0 Å². The summed E-state index contributed by atoms with van der Waals surface area (Å²) in [5, 5.41) is 3.03. The van der Waals surface area contributed by atoms with Crippen molar-refractivity contribution >= 4 is 23.1 Å². The average molecular weight is 436 g/mol. The van der Waals surface area contributed by atoms with Gasteiger partial charge in [-0.2, -0.15) is 0 Å². The zero-order valence-corrected chi connectivity index (χ0v) is 19.4. The molecule has 1 aromatic heterocycles. The van der Waals surface area contributed by atoms with Crippen LogP contribution in [0.3, 0.4) is 0 Å². The Bertz CT molecular complexity index is 961. The summed E-state index contributed by atoms with van der Waals surface area (Å²) < 4.78 is 0. The van der Waals surface area contributed by atoms with Gasteiger partial charge in [0.05, 0.1) is 16.9 Å². The summed E-state index contributed by atoms with van der Waals surface area (Å²) in [6.07, 6.45) is 5.57. The first-order valence-corrected chi connectivity index (χ1v) is 11.5. The van der Waals surface area contributed by atoms with E-state index in [-0.39, 0.29) is 17.3 Å². The molecule has 2 saturated heterocycles. The minimum Gasteiger partial charge on any atom is -0.361 e. The number of rotatable bonds is 5. The summed E-state index contributed by atoms with van der Waals surface area (Å²) in [7, 11) is 2.17. The maximum atomic E-state index is 12.8. The number of carbonyl (C=O) groups is 1. The van der Waals surface area contributed by atoms with E-state index in [9.17, 15) is 4.79 Å². The van der Waals surface area contributed by atoms with Gasteiger partial charge in [-0.05, 0) is 52.3 Å². The molecule has 8 nitrogen and oxygen atoms in total. The molecule has 1 amide bonds. The highest BCUT2D eigenvalue weighted by atomic mass is 16.1. The van der Waals surface area contributed by atoms with Gasteiger partial charge in [0.1, 0.15) is 0 Å². The van der Waals surface area contributed by atoms with Crippen LogP contribution in [0.1, 0.15) is 45.2 Å². The minimum absolute atomic E-state index is 0.196. The van der Waals surface area contributed by atoms with E-state index in [4.69, 9.17) is 11.6 Å². The molecular formula is C24H33N7O. The maximum Gasteiger partial charge on any atom is 0.294 e. The number of piperazine rings is 1. The average Bonchev–Trinajstić information content (AvgIpc) is 3.30. The summed E-state index contributed by atoms with van der Waals surface area (Å²) in [6, 6.07) is 4.03. The number of hydrogen-bond acceptors (Lipinski definition) is 6. The lowest BCUT2D eigenvalue weighted by Crippen LogP contribution is -2.52. The number of piperidine rings is 1. The molecule has 0 unspecified atom stereocenters. The van der Waals surface area contributed by atoms with Crippen molar-refractivity contribution in [3.8, 4) is 0 Å². The number of carbonyl (C=O) groups excluding carboxylic acids is 1. The van der Waals surface area contributed by atoms with Crippen LogP contribution < -0.4 is 10.2 Å². The number of nitrogens with zero attached hydrogens (tertiary/aromatic N) is 6. The third-order valence-electron chi connectivity index (χ3n) is 6.80. The number of nitrogens with one attached hydrogen (secondary N) is 1. The Morgan fingerprint density at radius 3 is 2.47 bits per heavy atom. The Balaban J connectivity index is 1.61. The van der Waals surface area contributed by atoms with Crippen LogP contribution >= 0.6 is 0 Å². The van der Waals surface area contributed by atoms with E-state index in [0.29, 0.717) is 17.8 Å². The molecule has 4 rings (SSSR count). The molecule has 8 heteroatoms. The predicted octanol–water partition coefficient (Wildman–Crippen LogP) is 3.10. The third kappa shape index (κ3) is 4.69. The molecule has 3 aliphatic rings. The summed E-state index contributed by atoms with van der Waals surface area (Å²) >= 11 is 0. The van der Waals surface area contributed by atoms with Crippen molar-refractivity contribution in [1.82, 2.24) is 14.8 Å². The molecule has 32 heavy (non-hydrogen) atoms. The van der Waals surface area contributed by atoms with Gasteiger partial charge in [0.15, 0.2) is 11.5 Å². The number of allylic oxidation sites excluding steroid dienone is 1. The Morgan fingerprint density at radius 2 is 1.81 bits per heavy atom. The van der Waals surface area contributed by atoms with Gasteiger partial charge >= 0.3 is 0 Å². The van der Waals surface area contributed by atoms with Gasteiger partial charge in [-0.3, -0.25) is 9.69 Å². The zero-order chi connectivity index (χ0) is 22.7. The monoisotopic (exact) mass is 435 g/mol. The Hall–Kier alpha value is -2.76. The summed E-state index contributed by atoms with van der Waals surface area (Å²) in [4.78, 5) is 32.6. The number of pyridine rings is 1. The summed E-state index contributed by atoms with van der Waals surface area (Å²) in [5.41, 5.74) is 1.92. The number of amides is 1. The van der Waals surface area contributed by atoms with Gasteiger partial charge in [0, 0.05) is 45.7 Å². The van der Waals surface area contributed by atoms with E-state index in [1.807, 2.05) is 12.1 Å². The fourth-order valence-electron chi connectivity index (χ4n) is 4.59. The van der Waals surface area contributed by atoms with Crippen molar-refractivity contribution in [2.24, 2.45) is 4.99 Å². The molecule has 0 bridgehead atoms.